The Labute approximate surface area is 217 Å². The Bertz CT molecular complexity index is 1140. The third-order valence-corrected chi connectivity index (χ3v) is 6.20. The van der Waals surface area contributed by atoms with Gasteiger partial charge in [0.2, 0.25) is 0 Å². The predicted octanol–water partition coefficient (Wildman–Crippen LogP) is 4.59. The Morgan fingerprint density at radius 3 is 2.47 bits per heavy atom. The molecule has 0 aliphatic carbocycles. The second kappa shape index (κ2) is 10.9. The molecule has 8 nitrogen and oxygen atoms in total. The van der Waals surface area contributed by atoms with Gasteiger partial charge in [0.25, 0.3) is 5.91 Å². The highest BCUT2D eigenvalue weighted by atomic mass is 35.5. The van der Waals surface area contributed by atoms with Gasteiger partial charge in [-0.25, -0.2) is 9.79 Å². The molecule has 3 rings (SSSR count). The van der Waals surface area contributed by atoms with Gasteiger partial charge in [-0.3, -0.25) is 4.79 Å². The fourth-order valence-electron chi connectivity index (χ4n) is 3.93. The molecule has 0 saturated heterocycles. The summed E-state index contributed by atoms with van der Waals surface area (Å²) in [6, 6.07) is 10.8. The molecule has 5 N–H and O–H groups in total. The van der Waals surface area contributed by atoms with Crippen LogP contribution in [0.2, 0.25) is 5.02 Å². The molecule has 36 heavy (non-hydrogen) atoms. The lowest BCUT2D eigenvalue weighted by Gasteiger charge is -2.38. The molecule has 194 valence electrons. The number of benzene rings is 2. The van der Waals surface area contributed by atoms with Gasteiger partial charge in [-0.15, -0.1) is 0 Å². The summed E-state index contributed by atoms with van der Waals surface area (Å²) >= 11 is 5.98. The SMILES string of the molecule is CCCCC(NC(=O)c1ccc(Cl)cc1)C(N)(C(=O)OC(C)(C)C)c1ccc2c(c1)N=C(N)C(C)O2. The monoisotopic (exact) mass is 514 g/mol. The summed E-state index contributed by atoms with van der Waals surface area (Å²) in [5.74, 6) is -0.182. The molecule has 1 aliphatic heterocycles. The number of rotatable bonds is 8. The van der Waals surface area contributed by atoms with E-state index in [4.69, 9.17) is 32.5 Å². The first kappa shape index (κ1) is 27.5. The first-order chi connectivity index (χ1) is 16.8. The minimum Gasteiger partial charge on any atom is -0.481 e. The van der Waals surface area contributed by atoms with Crippen LogP contribution in [-0.4, -0.2) is 35.5 Å². The molecule has 0 aromatic heterocycles. The van der Waals surface area contributed by atoms with E-state index in [0.717, 1.165) is 12.8 Å². The Morgan fingerprint density at radius 1 is 1.19 bits per heavy atom. The molecule has 0 saturated carbocycles. The maximum Gasteiger partial charge on any atom is 0.333 e. The number of fused-ring (bicyclic) bond motifs is 1. The zero-order valence-electron chi connectivity index (χ0n) is 21.4. The molecule has 0 fully saturated rings. The van der Waals surface area contributed by atoms with Gasteiger partial charge in [0.05, 0.1) is 6.04 Å². The molecule has 1 heterocycles. The van der Waals surface area contributed by atoms with Crippen molar-refractivity contribution >= 4 is 35.0 Å². The number of hydrogen-bond acceptors (Lipinski definition) is 7. The Kier molecular flexibility index (Phi) is 8.31. The number of nitrogens with two attached hydrogens (primary N) is 2. The van der Waals surface area contributed by atoms with Crippen LogP contribution in [0, 0.1) is 0 Å². The van der Waals surface area contributed by atoms with E-state index in [1.54, 1.807) is 70.2 Å². The van der Waals surface area contributed by atoms with Gasteiger partial charge in [0.1, 0.15) is 22.9 Å². The Balaban J connectivity index is 2.09. The highest BCUT2D eigenvalue weighted by Crippen LogP contribution is 2.38. The van der Waals surface area contributed by atoms with Crippen LogP contribution in [0.15, 0.2) is 47.5 Å². The number of amidine groups is 1. The van der Waals surface area contributed by atoms with Crippen LogP contribution >= 0.6 is 11.6 Å². The van der Waals surface area contributed by atoms with Gasteiger partial charge < -0.3 is 26.3 Å². The van der Waals surface area contributed by atoms with Crippen molar-refractivity contribution in [3.63, 3.8) is 0 Å². The smallest absolute Gasteiger partial charge is 0.333 e. The summed E-state index contributed by atoms with van der Waals surface area (Å²) in [5, 5.41) is 3.50. The number of ether oxygens (including phenoxy) is 2. The number of carbonyl (C=O) groups is 2. The van der Waals surface area contributed by atoms with Crippen LogP contribution < -0.4 is 21.5 Å². The van der Waals surface area contributed by atoms with E-state index >= 15 is 0 Å². The zero-order valence-corrected chi connectivity index (χ0v) is 22.2. The first-order valence-corrected chi connectivity index (χ1v) is 12.5. The van der Waals surface area contributed by atoms with Gasteiger partial charge in [-0.2, -0.15) is 0 Å². The predicted molar refractivity (Wildman–Crippen MR) is 142 cm³/mol. The van der Waals surface area contributed by atoms with Gasteiger partial charge in [0, 0.05) is 10.6 Å². The molecule has 2 aromatic carbocycles. The van der Waals surface area contributed by atoms with Crippen molar-refractivity contribution in [1.29, 1.82) is 0 Å². The molecule has 0 spiro atoms. The highest BCUT2D eigenvalue weighted by molar-refractivity contribution is 6.30. The van der Waals surface area contributed by atoms with Crippen LogP contribution in [0.4, 0.5) is 5.69 Å². The molecular weight excluding hydrogens is 480 g/mol. The van der Waals surface area contributed by atoms with Crippen molar-refractivity contribution in [3.8, 4) is 5.75 Å². The highest BCUT2D eigenvalue weighted by Gasteiger charge is 2.47. The average Bonchev–Trinajstić information content (AvgIpc) is 2.80. The topological polar surface area (TPSA) is 129 Å². The van der Waals surface area contributed by atoms with Gasteiger partial charge in [-0.1, -0.05) is 37.4 Å². The quantitative estimate of drug-likeness (QED) is 0.442. The number of nitrogens with one attached hydrogen (secondary N) is 1. The van der Waals surface area contributed by atoms with Crippen LogP contribution in [0.5, 0.6) is 5.75 Å². The summed E-state index contributed by atoms with van der Waals surface area (Å²) in [4.78, 5) is 31.4. The molecule has 1 aliphatic rings. The number of amides is 1. The van der Waals surface area contributed by atoms with Crippen LogP contribution in [-0.2, 0) is 15.1 Å². The summed E-state index contributed by atoms with van der Waals surface area (Å²) in [7, 11) is 0. The molecule has 9 heteroatoms. The Morgan fingerprint density at radius 2 is 1.86 bits per heavy atom. The van der Waals surface area contributed by atoms with Crippen molar-refractivity contribution < 1.29 is 19.1 Å². The molecule has 3 atom stereocenters. The normalized spacial score (nSPS) is 17.6. The maximum atomic E-state index is 13.7. The number of aliphatic imine (C=N–C) groups is 1. The molecule has 1 amide bonds. The zero-order chi connectivity index (χ0) is 26.7. The average molecular weight is 515 g/mol. The minimum atomic E-state index is -1.72. The molecule has 3 unspecified atom stereocenters. The van der Waals surface area contributed by atoms with E-state index in [1.807, 2.05) is 6.92 Å². The van der Waals surface area contributed by atoms with Crippen molar-refractivity contribution in [1.82, 2.24) is 5.32 Å². The van der Waals surface area contributed by atoms with E-state index in [-0.39, 0.29) is 12.0 Å². The van der Waals surface area contributed by atoms with Gasteiger partial charge in [-0.05, 0) is 76.1 Å². The fraction of sp³-hybridized carbons (Fsp3) is 0.444. The van der Waals surface area contributed by atoms with Crippen LogP contribution in [0.3, 0.4) is 0 Å². The van der Waals surface area contributed by atoms with Crippen LogP contribution in [0.1, 0.15) is 69.8 Å². The number of nitrogens with zero attached hydrogens (tertiary/aromatic N) is 1. The lowest BCUT2D eigenvalue weighted by Crippen LogP contribution is -2.62. The lowest BCUT2D eigenvalue weighted by atomic mass is 9.80. The molecule has 0 bridgehead atoms. The first-order valence-electron chi connectivity index (χ1n) is 12.1. The third kappa shape index (κ3) is 6.17. The summed E-state index contributed by atoms with van der Waals surface area (Å²) < 4.78 is 11.6. The second-order valence-corrected chi connectivity index (χ2v) is 10.5. The summed E-state index contributed by atoms with van der Waals surface area (Å²) in [6.07, 6.45) is 1.65. The van der Waals surface area contributed by atoms with Crippen molar-refractivity contribution in [2.45, 2.75) is 77.2 Å². The summed E-state index contributed by atoms with van der Waals surface area (Å²) in [6.45, 7) is 9.14. The van der Waals surface area contributed by atoms with Gasteiger partial charge >= 0.3 is 5.97 Å². The van der Waals surface area contributed by atoms with Gasteiger partial charge in [0.15, 0.2) is 11.6 Å². The van der Waals surface area contributed by atoms with Crippen molar-refractivity contribution in [2.24, 2.45) is 16.5 Å². The number of hydrogen-bond donors (Lipinski definition) is 3. The summed E-state index contributed by atoms with van der Waals surface area (Å²) in [5.41, 5.74) is 11.7. The number of esters is 1. The molecule has 0 radical (unpaired) electrons. The fourth-order valence-corrected chi connectivity index (χ4v) is 4.06. The van der Waals surface area contributed by atoms with Crippen molar-refractivity contribution in [2.75, 3.05) is 0 Å². The number of halogens is 1. The van der Waals surface area contributed by atoms with E-state index in [9.17, 15) is 9.59 Å². The lowest BCUT2D eigenvalue weighted by molar-refractivity contribution is -0.163. The van der Waals surface area contributed by atoms with E-state index < -0.39 is 23.2 Å². The second-order valence-electron chi connectivity index (χ2n) is 10.0. The number of carbonyl (C=O) groups excluding carboxylic acids is 2. The number of unbranched alkanes of at least 4 members (excludes halogenated alkanes) is 1. The van der Waals surface area contributed by atoms with Crippen molar-refractivity contribution in [3.05, 3.63) is 58.6 Å². The largest absolute Gasteiger partial charge is 0.481 e. The minimum absolute atomic E-state index is 0.318. The van der Waals surface area contributed by atoms with E-state index in [1.165, 1.54) is 0 Å². The van der Waals surface area contributed by atoms with E-state index in [2.05, 4.69) is 10.3 Å². The third-order valence-electron chi connectivity index (χ3n) is 5.95. The van der Waals surface area contributed by atoms with E-state index in [0.29, 0.717) is 39.8 Å². The standard InChI is InChI=1S/C27H35ClN4O4/c1-6-7-8-22(32-24(33)17-9-12-19(28)13-10-17)27(30,25(34)36-26(3,4)5)18-11-14-21-20(15-18)31-23(29)16(2)35-21/h9-16,22H,6-8,30H2,1-5H3,(H2,29,31)(H,32,33). The molecule has 2 aromatic rings. The Hall–Kier alpha value is -3.10. The molecular formula is C27H35ClN4O4. The van der Waals surface area contributed by atoms with Crippen LogP contribution in [0.25, 0.3) is 0 Å². The maximum absolute atomic E-state index is 13.7.